The van der Waals surface area contributed by atoms with Crippen LogP contribution in [-0.2, 0) is 11.2 Å². The van der Waals surface area contributed by atoms with Crippen LogP contribution in [0.25, 0.3) is 11.1 Å². The summed E-state index contributed by atoms with van der Waals surface area (Å²) in [6.45, 7) is 1.79. The number of carbonyl (C=O) groups is 3. The molecule has 0 fully saturated rings. The van der Waals surface area contributed by atoms with E-state index in [-0.39, 0.29) is 23.5 Å². The van der Waals surface area contributed by atoms with Crippen LogP contribution in [-0.4, -0.2) is 58.9 Å². The zero-order valence-electron chi connectivity index (χ0n) is 19.5. The molecule has 4 N–H and O–H groups in total. The number of rotatable bonds is 1. The fourth-order valence-corrected chi connectivity index (χ4v) is 4.19. The first-order chi connectivity index (χ1) is 17.0. The van der Waals surface area contributed by atoms with Gasteiger partial charge in [0.2, 0.25) is 5.91 Å². The lowest BCUT2D eigenvalue weighted by Crippen LogP contribution is -2.35. The predicted octanol–water partition coefficient (Wildman–Crippen LogP) is 3.10. The number of hydrogen-bond acceptors (Lipinski definition) is 4. The Labute approximate surface area is 204 Å². The summed E-state index contributed by atoms with van der Waals surface area (Å²) in [5, 5.41) is 16.3. The minimum absolute atomic E-state index is 0.0593. The molecule has 4 rings (SSSR count). The highest BCUT2D eigenvalue weighted by molar-refractivity contribution is 5.96. The van der Waals surface area contributed by atoms with E-state index in [2.05, 4.69) is 15.6 Å². The Morgan fingerprint density at radius 2 is 1.71 bits per heavy atom. The van der Waals surface area contributed by atoms with E-state index in [9.17, 15) is 19.5 Å². The average Bonchev–Trinajstić information content (AvgIpc) is 3.40. The van der Waals surface area contributed by atoms with Crippen molar-refractivity contribution in [3.8, 4) is 16.9 Å². The Bertz CT molecular complexity index is 1190. The molecule has 35 heavy (non-hydrogen) atoms. The summed E-state index contributed by atoms with van der Waals surface area (Å²) in [7, 11) is 0. The summed E-state index contributed by atoms with van der Waals surface area (Å²) in [4.78, 5) is 42.6. The van der Waals surface area contributed by atoms with Gasteiger partial charge in [-0.15, -0.1) is 0 Å². The molecule has 8 nitrogen and oxygen atoms in total. The van der Waals surface area contributed by atoms with E-state index in [0.717, 1.165) is 11.1 Å². The van der Waals surface area contributed by atoms with Gasteiger partial charge in [-0.3, -0.25) is 14.4 Å². The summed E-state index contributed by atoms with van der Waals surface area (Å²) < 4.78 is 0. The Kier molecular flexibility index (Phi) is 7.82. The molecule has 8 heteroatoms. The monoisotopic (exact) mass is 474 g/mol. The van der Waals surface area contributed by atoms with Crippen molar-refractivity contribution >= 4 is 17.7 Å². The molecule has 2 aromatic carbocycles. The van der Waals surface area contributed by atoms with Gasteiger partial charge in [0, 0.05) is 56.1 Å². The molecule has 3 amide bonds. The fraction of sp³-hybridized carbons (Fsp3) is 0.296. The molecule has 0 unspecified atom stereocenters. The molecular weight excluding hydrogens is 444 g/mol. The van der Waals surface area contributed by atoms with Crippen molar-refractivity contribution in [3.63, 3.8) is 0 Å². The van der Waals surface area contributed by atoms with Gasteiger partial charge < -0.3 is 25.6 Å². The van der Waals surface area contributed by atoms with Crippen molar-refractivity contribution in [2.75, 3.05) is 26.2 Å². The minimum atomic E-state index is -0.210. The maximum atomic E-state index is 12.9. The number of carbonyl (C=O) groups excluding carboxylic acids is 3. The van der Waals surface area contributed by atoms with E-state index in [4.69, 9.17) is 0 Å². The molecule has 0 saturated carbocycles. The zero-order valence-corrected chi connectivity index (χ0v) is 19.5. The first kappa shape index (κ1) is 24.1. The van der Waals surface area contributed by atoms with E-state index in [1.807, 2.05) is 18.2 Å². The van der Waals surface area contributed by atoms with Gasteiger partial charge in [0.05, 0.1) is 5.56 Å². The lowest BCUT2D eigenvalue weighted by atomic mass is 9.98. The number of H-pyrrole nitrogens is 1. The molecule has 0 saturated heterocycles. The number of fused-ring (bicyclic) bond motifs is 5. The first-order valence-electron chi connectivity index (χ1n) is 11.9. The SMILES string of the molecule is O=C1CCCN(C(=O)c2cc[nH]c2)CCCNC(=O)c2cccc(c2)-c2cc(ccc2O)CCN1. The molecule has 1 aliphatic heterocycles. The topological polar surface area (TPSA) is 115 Å². The largest absolute Gasteiger partial charge is 0.507 e. The van der Waals surface area contributed by atoms with Gasteiger partial charge in [0.1, 0.15) is 5.75 Å². The van der Waals surface area contributed by atoms with Crippen LogP contribution in [0.5, 0.6) is 5.75 Å². The van der Waals surface area contributed by atoms with Crippen LogP contribution in [0.2, 0.25) is 0 Å². The second kappa shape index (κ2) is 11.4. The smallest absolute Gasteiger partial charge is 0.255 e. The average molecular weight is 475 g/mol. The molecule has 2 heterocycles. The van der Waals surface area contributed by atoms with Crippen molar-refractivity contribution in [3.05, 3.63) is 77.6 Å². The number of nitrogens with one attached hydrogen (secondary N) is 3. The standard InChI is InChI=1S/C27H30N4O4/c32-24-8-7-19-9-13-29-25(33)6-2-14-31(27(35)22-10-12-28-18-22)15-3-11-30-26(34)21-5-1-4-20(17-21)23(24)16-19/h1,4-5,7-8,10,12,16-18,28,32H,2-3,6,9,11,13-15H2,(H,29,33)(H,30,34). The number of hydrogen-bond donors (Lipinski definition) is 4. The van der Waals surface area contributed by atoms with Gasteiger partial charge >= 0.3 is 0 Å². The van der Waals surface area contributed by atoms with E-state index < -0.39 is 0 Å². The zero-order chi connectivity index (χ0) is 24.6. The molecule has 0 atom stereocenters. The van der Waals surface area contributed by atoms with Crippen LogP contribution in [0.3, 0.4) is 0 Å². The molecule has 182 valence electrons. The van der Waals surface area contributed by atoms with Gasteiger partial charge in [-0.1, -0.05) is 18.2 Å². The quantitative estimate of drug-likeness (QED) is 0.434. The second-order valence-corrected chi connectivity index (χ2v) is 8.64. The maximum absolute atomic E-state index is 12.9. The van der Waals surface area contributed by atoms with Crippen LogP contribution < -0.4 is 10.6 Å². The lowest BCUT2D eigenvalue weighted by Gasteiger charge is -2.22. The molecular formula is C27H30N4O4. The van der Waals surface area contributed by atoms with Crippen LogP contribution in [0.1, 0.15) is 45.5 Å². The van der Waals surface area contributed by atoms with Gasteiger partial charge in [-0.05, 0) is 60.7 Å². The minimum Gasteiger partial charge on any atom is -0.507 e. The third-order valence-corrected chi connectivity index (χ3v) is 6.09. The van der Waals surface area contributed by atoms with Crippen LogP contribution >= 0.6 is 0 Å². The lowest BCUT2D eigenvalue weighted by molar-refractivity contribution is -0.121. The number of phenolic OH excluding ortho intramolecular Hbond substituents is 1. The highest BCUT2D eigenvalue weighted by Crippen LogP contribution is 2.30. The van der Waals surface area contributed by atoms with Crippen molar-refractivity contribution in [2.24, 2.45) is 0 Å². The molecule has 1 aliphatic rings. The van der Waals surface area contributed by atoms with E-state index in [1.54, 1.807) is 47.6 Å². The van der Waals surface area contributed by atoms with E-state index in [1.165, 1.54) is 0 Å². The van der Waals surface area contributed by atoms with Crippen LogP contribution in [0.4, 0.5) is 0 Å². The van der Waals surface area contributed by atoms with Gasteiger partial charge in [0.25, 0.3) is 11.8 Å². The van der Waals surface area contributed by atoms with Crippen molar-refractivity contribution < 1.29 is 19.5 Å². The highest BCUT2D eigenvalue weighted by atomic mass is 16.3. The number of phenols is 1. The highest BCUT2D eigenvalue weighted by Gasteiger charge is 2.17. The molecule has 0 aliphatic carbocycles. The number of aromatic hydroxyl groups is 1. The first-order valence-corrected chi connectivity index (χ1v) is 11.9. The number of amides is 3. The number of benzene rings is 2. The third kappa shape index (κ3) is 6.29. The Morgan fingerprint density at radius 1 is 0.886 bits per heavy atom. The molecule has 4 bridgehead atoms. The summed E-state index contributed by atoms with van der Waals surface area (Å²) in [5.74, 6) is -0.237. The van der Waals surface area contributed by atoms with Gasteiger partial charge in [0.15, 0.2) is 0 Å². The molecule has 0 radical (unpaired) electrons. The third-order valence-electron chi connectivity index (χ3n) is 6.09. The molecule has 1 aromatic heterocycles. The Hall–Kier alpha value is -4.07. The fourth-order valence-electron chi connectivity index (χ4n) is 4.19. The van der Waals surface area contributed by atoms with E-state index in [0.29, 0.717) is 68.6 Å². The summed E-state index contributed by atoms with van der Waals surface area (Å²) in [6.07, 6.45) is 5.41. The van der Waals surface area contributed by atoms with Crippen molar-refractivity contribution in [2.45, 2.75) is 25.7 Å². The summed E-state index contributed by atoms with van der Waals surface area (Å²) in [5.41, 5.74) is 3.41. The number of aromatic amines is 1. The van der Waals surface area contributed by atoms with Gasteiger partial charge in [-0.2, -0.15) is 0 Å². The number of nitrogens with zero attached hydrogens (tertiary/aromatic N) is 1. The second-order valence-electron chi connectivity index (χ2n) is 8.64. The van der Waals surface area contributed by atoms with E-state index >= 15 is 0 Å². The predicted molar refractivity (Wildman–Crippen MR) is 133 cm³/mol. The van der Waals surface area contributed by atoms with Crippen LogP contribution in [0.15, 0.2) is 60.9 Å². The maximum Gasteiger partial charge on any atom is 0.255 e. The van der Waals surface area contributed by atoms with Crippen molar-refractivity contribution in [1.29, 1.82) is 0 Å². The Morgan fingerprint density at radius 3 is 2.54 bits per heavy atom. The summed E-state index contributed by atoms with van der Waals surface area (Å²) >= 11 is 0. The van der Waals surface area contributed by atoms with Gasteiger partial charge in [-0.25, -0.2) is 0 Å². The number of aromatic nitrogens is 1. The molecule has 3 aromatic rings. The Balaban J connectivity index is 1.53. The normalized spacial score (nSPS) is 15.8. The van der Waals surface area contributed by atoms with Crippen LogP contribution in [0, 0.1) is 0 Å². The molecule has 0 spiro atoms. The summed E-state index contributed by atoms with van der Waals surface area (Å²) in [6, 6.07) is 14.2. The van der Waals surface area contributed by atoms with Crippen molar-refractivity contribution in [1.82, 2.24) is 20.5 Å².